The number of nitrogens with zero attached hydrogens (tertiary/aromatic N) is 2. The lowest BCUT2D eigenvalue weighted by molar-refractivity contribution is -0.125. The summed E-state index contributed by atoms with van der Waals surface area (Å²) >= 11 is 5.88. The maximum atomic E-state index is 12.9. The van der Waals surface area contributed by atoms with Gasteiger partial charge in [0.1, 0.15) is 6.04 Å². The summed E-state index contributed by atoms with van der Waals surface area (Å²) in [4.78, 5) is 27.3. The average molecular weight is 383 g/mol. The lowest BCUT2D eigenvalue weighted by atomic mass is 10.1. The molecular formula is C20H19ClN4O2. The van der Waals surface area contributed by atoms with Crippen LogP contribution in [0.25, 0.3) is 10.9 Å². The quantitative estimate of drug-likeness (QED) is 0.727. The monoisotopic (exact) mass is 382 g/mol. The van der Waals surface area contributed by atoms with Crippen molar-refractivity contribution in [2.75, 3.05) is 6.54 Å². The maximum absolute atomic E-state index is 12.9. The van der Waals surface area contributed by atoms with E-state index < -0.39 is 6.04 Å². The molecule has 1 saturated heterocycles. The smallest absolute Gasteiger partial charge is 0.254 e. The van der Waals surface area contributed by atoms with Crippen molar-refractivity contribution in [1.82, 2.24) is 20.4 Å². The van der Waals surface area contributed by atoms with Crippen LogP contribution in [0.4, 0.5) is 0 Å². The molecule has 1 aliphatic rings. The minimum Gasteiger partial charge on any atom is -0.350 e. The van der Waals surface area contributed by atoms with Gasteiger partial charge in [0.2, 0.25) is 5.91 Å². The number of H-pyrrole nitrogens is 1. The Morgan fingerprint density at radius 3 is 2.85 bits per heavy atom. The summed E-state index contributed by atoms with van der Waals surface area (Å²) < 4.78 is 0. The number of hydrogen-bond acceptors (Lipinski definition) is 3. The Morgan fingerprint density at radius 1 is 1.22 bits per heavy atom. The van der Waals surface area contributed by atoms with Crippen molar-refractivity contribution >= 4 is 34.3 Å². The summed E-state index contributed by atoms with van der Waals surface area (Å²) in [6.07, 6.45) is 3.18. The molecule has 7 heteroatoms. The van der Waals surface area contributed by atoms with E-state index in [0.717, 1.165) is 22.9 Å². The number of aromatic nitrogens is 2. The van der Waals surface area contributed by atoms with Crippen LogP contribution >= 0.6 is 11.6 Å². The number of carbonyl (C=O) groups is 2. The summed E-state index contributed by atoms with van der Waals surface area (Å²) in [7, 11) is 0. The van der Waals surface area contributed by atoms with Gasteiger partial charge < -0.3 is 10.2 Å². The normalized spacial score (nSPS) is 16.6. The summed E-state index contributed by atoms with van der Waals surface area (Å²) in [5, 5.41) is 11.3. The Labute approximate surface area is 161 Å². The summed E-state index contributed by atoms with van der Waals surface area (Å²) in [5.41, 5.74) is 2.42. The lowest BCUT2D eigenvalue weighted by Gasteiger charge is -2.24. The molecule has 27 heavy (non-hydrogen) atoms. The molecule has 1 aromatic heterocycles. The Bertz CT molecular complexity index is 983. The Hall–Kier alpha value is -2.86. The fourth-order valence-electron chi connectivity index (χ4n) is 3.43. The highest BCUT2D eigenvalue weighted by atomic mass is 35.5. The standard InChI is InChI=1S/C20H19ClN4O2/c21-16-6-3-13(4-7-16)11-22-19(26)18-2-1-9-25(18)20(27)14-5-8-17-15(10-14)12-23-24-17/h3-8,10,12,18H,1-2,9,11H2,(H,22,26)(H,23,24). The second-order valence-corrected chi connectivity index (χ2v) is 7.11. The zero-order chi connectivity index (χ0) is 18.8. The molecule has 0 bridgehead atoms. The zero-order valence-electron chi connectivity index (χ0n) is 14.6. The molecule has 0 spiro atoms. The number of halogens is 1. The van der Waals surface area contributed by atoms with Gasteiger partial charge in [0.05, 0.1) is 11.7 Å². The minimum atomic E-state index is -0.440. The van der Waals surface area contributed by atoms with Crippen molar-refractivity contribution in [2.45, 2.75) is 25.4 Å². The number of rotatable bonds is 4. The van der Waals surface area contributed by atoms with Crippen LogP contribution in [0.1, 0.15) is 28.8 Å². The molecule has 2 N–H and O–H groups in total. The molecule has 2 aromatic carbocycles. The highest BCUT2D eigenvalue weighted by Crippen LogP contribution is 2.22. The molecule has 4 rings (SSSR count). The largest absolute Gasteiger partial charge is 0.350 e. The third-order valence-corrected chi connectivity index (χ3v) is 5.14. The molecule has 0 saturated carbocycles. The number of benzene rings is 2. The fraction of sp³-hybridized carbons (Fsp3) is 0.250. The Morgan fingerprint density at radius 2 is 2.04 bits per heavy atom. The van der Waals surface area contributed by atoms with Gasteiger partial charge >= 0.3 is 0 Å². The van der Waals surface area contributed by atoms with Gasteiger partial charge in [0.15, 0.2) is 0 Å². The number of aromatic amines is 1. The van der Waals surface area contributed by atoms with Gasteiger partial charge in [0.25, 0.3) is 5.91 Å². The molecule has 1 atom stereocenters. The summed E-state index contributed by atoms with van der Waals surface area (Å²) in [6, 6.07) is 12.3. The summed E-state index contributed by atoms with van der Waals surface area (Å²) in [5.74, 6) is -0.248. The molecule has 0 aliphatic carbocycles. The van der Waals surface area contributed by atoms with Crippen LogP contribution in [-0.2, 0) is 11.3 Å². The highest BCUT2D eigenvalue weighted by molar-refractivity contribution is 6.30. The van der Waals surface area contributed by atoms with E-state index in [0.29, 0.717) is 30.1 Å². The molecule has 6 nitrogen and oxygen atoms in total. The number of nitrogens with one attached hydrogen (secondary N) is 2. The van der Waals surface area contributed by atoms with Crippen molar-refractivity contribution in [2.24, 2.45) is 0 Å². The third kappa shape index (κ3) is 3.66. The average Bonchev–Trinajstić information content (AvgIpc) is 3.35. The highest BCUT2D eigenvalue weighted by Gasteiger charge is 2.34. The van der Waals surface area contributed by atoms with Gasteiger partial charge in [-0.1, -0.05) is 23.7 Å². The van der Waals surface area contributed by atoms with Crippen molar-refractivity contribution in [1.29, 1.82) is 0 Å². The van der Waals surface area contributed by atoms with Crippen molar-refractivity contribution < 1.29 is 9.59 Å². The van der Waals surface area contributed by atoms with Crippen LogP contribution in [-0.4, -0.2) is 39.5 Å². The molecule has 0 radical (unpaired) electrons. The van der Waals surface area contributed by atoms with Crippen molar-refractivity contribution in [3.05, 3.63) is 64.8 Å². The Kier molecular flexibility index (Phi) is 4.81. The van der Waals surface area contributed by atoms with E-state index in [1.54, 1.807) is 29.3 Å². The number of likely N-dealkylation sites (tertiary alicyclic amines) is 1. The zero-order valence-corrected chi connectivity index (χ0v) is 15.4. The summed E-state index contributed by atoms with van der Waals surface area (Å²) in [6.45, 7) is 0.997. The van der Waals surface area contributed by atoms with E-state index in [9.17, 15) is 9.59 Å². The molecule has 3 aromatic rings. The number of fused-ring (bicyclic) bond motifs is 1. The third-order valence-electron chi connectivity index (χ3n) is 4.88. The second kappa shape index (κ2) is 7.40. The van der Waals surface area contributed by atoms with Crippen molar-refractivity contribution in [3.63, 3.8) is 0 Å². The van der Waals surface area contributed by atoms with Crippen molar-refractivity contribution in [3.8, 4) is 0 Å². The van der Waals surface area contributed by atoms with Crippen LogP contribution in [0.5, 0.6) is 0 Å². The van der Waals surface area contributed by atoms with E-state index in [2.05, 4.69) is 15.5 Å². The topological polar surface area (TPSA) is 78.1 Å². The molecule has 2 heterocycles. The predicted octanol–water partition coefficient (Wildman–Crippen LogP) is 3.14. The first-order valence-corrected chi connectivity index (χ1v) is 9.26. The van der Waals surface area contributed by atoms with Gasteiger partial charge in [-0.3, -0.25) is 14.7 Å². The van der Waals surface area contributed by atoms with E-state index in [4.69, 9.17) is 11.6 Å². The molecule has 1 unspecified atom stereocenters. The SMILES string of the molecule is O=C(NCc1ccc(Cl)cc1)C1CCCN1C(=O)c1ccc2[nH]ncc2c1. The first-order valence-electron chi connectivity index (χ1n) is 8.88. The number of carbonyl (C=O) groups excluding carboxylic acids is 2. The van der Waals surface area contributed by atoms with Gasteiger partial charge in [-0.05, 0) is 48.7 Å². The van der Waals surface area contributed by atoms with Gasteiger partial charge in [-0.15, -0.1) is 0 Å². The molecule has 2 amide bonds. The second-order valence-electron chi connectivity index (χ2n) is 6.67. The minimum absolute atomic E-state index is 0.123. The van der Waals surface area contributed by atoms with Gasteiger partial charge in [-0.25, -0.2) is 0 Å². The maximum Gasteiger partial charge on any atom is 0.254 e. The number of hydrogen-bond donors (Lipinski definition) is 2. The molecule has 1 aliphatic heterocycles. The van der Waals surface area contributed by atoms with Crippen LogP contribution in [0.15, 0.2) is 48.7 Å². The fourth-order valence-corrected chi connectivity index (χ4v) is 3.56. The van der Waals surface area contributed by atoms with Crippen LogP contribution in [0.3, 0.4) is 0 Å². The molecule has 138 valence electrons. The first-order chi connectivity index (χ1) is 13.1. The first kappa shape index (κ1) is 17.5. The Balaban J connectivity index is 1.45. The van der Waals surface area contributed by atoms with E-state index in [1.807, 2.05) is 24.3 Å². The lowest BCUT2D eigenvalue weighted by Crippen LogP contribution is -2.45. The van der Waals surface area contributed by atoms with E-state index >= 15 is 0 Å². The van der Waals surface area contributed by atoms with Gasteiger partial charge in [-0.2, -0.15) is 5.10 Å². The van der Waals surface area contributed by atoms with E-state index in [-0.39, 0.29) is 11.8 Å². The van der Waals surface area contributed by atoms with Crippen LogP contribution < -0.4 is 5.32 Å². The molecular weight excluding hydrogens is 364 g/mol. The van der Waals surface area contributed by atoms with Gasteiger partial charge in [0, 0.05) is 29.1 Å². The van der Waals surface area contributed by atoms with Crippen LogP contribution in [0.2, 0.25) is 5.02 Å². The predicted molar refractivity (Wildman–Crippen MR) is 103 cm³/mol. The van der Waals surface area contributed by atoms with E-state index in [1.165, 1.54) is 0 Å². The number of amides is 2. The van der Waals surface area contributed by atoms with Crippen LogP contribution in [0, 0.1) is 0 Å². The molecule has 1 fully saturated rings.